The molecule has 5 rings (SSSR count). The number of aromatic nitrogens is 2. The number of fused-ring (bicyclic) bond motifs is 1. The van der Waals surface area contributed by atoms with Gasteiger partial charge in [0.15, 0.2) is 0 Å². The number of hydrogen-bond donors (Lipinski definition) is 1. The van der Waals surface area contributed by atoms with Crippen molar-refractivity contribution in [2.75, 3.05) is 31.1 Å². The fraction of sp³-hybridized carbons (Fsp3) is 0.185. The van der Waals surface area contributed by atoms with Crippen molar-refractivity contribution in [1.29, 1.82) is 0 Å². The molecule has 1 aromatic heterocycles. The number of benzene rings is 3. The van der Waals surface area contributed by atoms with E-state index in [-0.39, 0.29) is 17.5 Å². The van der Waals surface area contributed by atoms with E-state index in [4.69, 9.17) is 5.10 Å². The maximum Gasteiger partial charge on any atom is 0.246 e. The molecule has 3 aromatic carbocycles. The fourth-order valence-electron chi connectivity index (χ4n) is 4.51. The summed E-state index contributed by atoms with van der Waals surface area (Å²) in [7, 11) is 0. The molecule has 4 aromatic rings. The molecule has 1 saturated heterocycles. The Morgan fingerprint density at radius 3 is 2.50 bits per heavy atom. The SMILES string of the molecule is C=CC(=O)N1CCN(c2c3ccc(-c4cccc(F)c4)cc3nn2Cc2cccc(O)c2)CC1. The predicted molar refractivity (Wildman–Crippen MR) is 131 cm³/mol. The first-order valence-corrected chi connectivity index (χ1v) is 11.2. The number of carbonyl (C=O) groups excluding carboxylic acids is 1. The Hall–Kier alpha value is -4.13. The van der Waals surface area contributed by atoms with Gasteiger partial charge in [0.05, 0.1) is 12.1 Å². The third-order valence-electron chi connectivity index (χ3n) is 6.18. The van der Waals surface area contributed by atoms with Crippen molar-refractivity contribution in [3.8, 4) is 16.9 Å². The Bertz CT molecular complexity index is 1370. The zero-order valence-electron chi connectivity index (χ0n) is 18.7. The number of halogens is 1. The predicted octanol–water partition coefficient (Wildman–Crippen LogP) is 4.43. The minimum absolute atomic E-state index is 0.0579. The van der Waals surface area contributed by atoms with Crippen molar-refractivity contribution in [3.05, 3.63) is 90.8 Å². The van der Waals surface area contributed by atoms with E-state index in [1.807, 2.05) is 41.1 Å². The number of carbonyl (C=O) groups is 1. The summed E-state index contributed by atoms with van der Waals surface area (Å²) >= 11 is 0. The van der Waals surface area contributed by atoms with Crippen LogP contribution < -0.4 is 4.90 Å². The summed E-state index contributed by atoms with van der Waals surface area (Å²) in [5.41, 5.74) is 3.42. The zero-order valence-corrected chi connectivity index (χ0v) is 18.7. The summed E-state index contributed by atoms with van der Waals surface area (Å²) in [5, 5.41) is 15.8. The Morgan fingerprint density at radius 1 is 1.00 bits per heavy atom. The highest BCUT2D eigenvalue weighted by Gasteiger charge is 2.24. The number of nitrogens with zero attached hydrogens (tertiary/aromatic N) is 4. The molecule has 1 amide bonds. The molecule has 7 heteroatoms. The molecule has 0 spiro atoms. The van der Waals surface area contributed by atoms with Crippen LogP contribution in [0.1, 0.15) is 5.56 Å². The number of rotatable bonds is 5. The number of phenolic OH excluding ortho intramolecular Hbond substituents is 1. The first-order chi connectivity index (χ1) is 16.5. The van der Waals surface area contributed by atoms with Crippen LogP contribution in [0.25, 0.3) is 22.0 Å². The van der Waals surface area contributed by atoms with E-state index in [0.717, 1.165) is 33.4 Å². The van der Waals surface area contributed by atoms with Crippen LogP contribution in [0.2, 0.25) is 0 Å². The Kier molecular flexibility index (Phi) is 5.76. The van der Waals surface area contributed by atoms with Crippen LogP contribution in [-0.4, -0.2) is 51.9 Å². The molecule has 2 heterocycles. The standard InChI is InChI=1S/C27H25FN4O2/c1-2-26(34)30-11-13-31(14-12-30)27-24-10-9-21(20-6-4-7-22(28)16-20)17-25(24)29-32(27)18-19-5-3-8-23(33)15-19/h2-10,15-17,33H,1,11-14,18H2. The smallest absolute Gasteiger partial charge is 0.246 e. The van der Waals surface area contributed by atoms with Gasteiger partial charge in [-0.2, -0.15) is 5.10 Å². The molecule has 1 aliphatic rings. The van der Waals surface area contributed by atoms with Crippen LogP contribution in [0.15, 0.2) is 79.4 Å². The average Bonchev–Trinajstić information content (AvgIpc) is 3.20. The molecule has 0 saturated carbocycles. The number of anilines is 1. The van der Waals surface area contributed by atoms with Crippen molar-refractivity contribution < 1.29 is 14.3 Å². The van der Waals surface area contributed by atoms with Crippen molar-refractivity contribution in [3.63, 3.8) is 0 Å². The van der Waals surface area contributed by atoms with E-state index in [0.29, 0.717) is 32.7 Å². The summed E-state index contributed by atoms with van der Waals surface area (Å²) in [6.45, 7) is 6.62. The first-order valence-electron chi connectivity index (χ1n) is 11.2. The maximum absolute atomic E-state index is 13.8. The molecule has 0 atom stereocenters. The average molecular weight is 457 g/mol. The minimum atomic E-state index is -0.278. The monoisotopic (exact) mass is 456 g/mol. The summed E-state index contributed by atoms with van der Waals surface area (Å²) in [6, 6.07) is 19.7. The van der Waals surface area contributed by atoms with Gasteiger partial charge < -0.3 is 14.9 Å². The van der Waals surface area contributed by atoms with Crippen LogP contribution in [0.3, 0.4) is 0 Å². The molecule has 0 aliphatic carbocycles. The molecule has 6 nitrogen and oxygen atoms in total. The topological polar surface area (TPSA) is 61.6 Å². The zero-order chi connectivity index (χ0) is 23.7. The van der Waals surface area contributed by atoms with Crippen LogP contribution in [0.5, 0.6) is 5.75 Å². The molecule has 1 aliphatic heterocycles. The molecule has 1 N–H and O–H groups in total. The van der Waals surface area contributed by atoms with Gasteiger partial charge in [-0.25, -0.2) is 9.07 Å². The molecule has 0 bridgehead atoms. The van der Waals surface area contributed by atoms with Gasteiger partial charge in [-0.05, 0) is 59.2 Å². The number of hydrogen-bond acceptors (Lipinski definition) is 4. The number of phenols is 1. The van der Waals surface area contributed by atoms with Crippen molar-refractivity contribution in [2.24, 2.45) is 0 Å². The number of piperazine rings is 1. The normalized spacial score (nSPS) is 13.9. The largest absolute Gasteiger partial charge is 0.508 e. The lowest BCUT2D eigenvalue weighted by atomic mass is 10.0. The molecule has 172 valence electrons. The van der Waals surface area contributed by atoms with E-state index >= 15 is 0 Å². The van der Waals surface area contributed by atoms with Crippen LogP contribution >= 0.6 is 0 Å². The lowest BCUT2D eigenvalue weighted by Gasteiger charge is -2.35. The fourth-order valence-corrected chi connectivity index (χ4v) is 4.51. The second-order valence-electron chi connectivity index (χ2n) is 8.41. The third kappa shape index (κ3) is 4.24. The van der Waals surface area contributed by atoms with Gasteiger partial charge in [-0.1, -0.05) is 36.9 Å². The maximum atomic E-state index is 13.8. The summed E-state index contributed by atoms with van der Waals surface area (Å²) in [5.74, 6) is 0.840. The minimum Gasteiger partial charge on any atom is -0.508 e. The van der Waals surface area contributed by atoms with Gasteiger partial charge in [0.25, 0.3) is 0 Å². The Labute approximate surface area is 197 Å². The second kappa shape index (κ2) is 9.02. The molecular formula is C27H25FN4O2. The molecular weight excluding hydrogens is 431 g/mol. The van der Waals surface area contributed by atoms with Crippen molar-refractivity contribution in [2.45, 2.75) is 6.54 Å². The highest BCUT2D eigenvalue weighted by molar-refractivity contribution is 5.94. The highest BCUT2D eigenvalue weighted by Crippen LogP contribution is 2.32. The quantitative estimate of drug-likeness (QED) is 0.452. The van der Waals surface area contributed by atoms with Gasteiger partial charge in [-0.3, -0.25) is 4.79 Å². The van der Waals surface area contributed by atoms with E-state index in [1.165, 1.54) is 18.2 Å². The van der Waals surface area contributed by atoms with Crippen LogP contribution in [0, 0.1) is 5.82 Å². The van der Waals surface area contributed by atoms with Gasteiger partial charge in [-0.15, -0.1) is 0 Å². The van der Waals surface area contributed by atoms with Crippen LogP contribution in [-0.2, 0) is 11.3 Å². The van der Waals surface area contributed by atoms with E-state index in [2.05, 4.69) is 11.5 Å². The van der Waals surface area contributed by atoms with Crippen molar-refractivity contribution >= 4 is 22.6 Å². The van der Waals surface area contributed by atoms with E-state index in [9.17, 15) is 14.3 Å². The van der Waals surface area contributed by atoms with Gasteiger partial charge >= 0.3 is 0 Å². The van der Waals surface area contributed by atoms with Gasteiger partial charge in [0, 0.05) is 31.6 Å². The lowest BCUT2D eigenvalue weighted by molar-refractivity contribution is -0.126. The van der Waals surface area contributed by atoms with Crippen LogP contribution in [0.4, 0.5) is 10.2 Å². The second-order valence-corrected chi connectivity index (χ2v) is 8.41. The summed E-state index contributed by atoms with van der Waals surface area (Å²) < 4.78 is 15.7. The number of aromatic hydroxyl groups is 1. The van der Waals surface area contributed by atoms with Gasteiger partial charge in [0.1, 0.15) is 17.4 Å². The highest BCUT2D eigenvalue weighted by atomic mass is 19.1. The van der Waals surface area contributed by atoms with E-state index in [1.54, 1.807) is 23.1 Å². The van der Waals surface area contributed by atoms with E-state index < -0.39 is 0 Å². The van der Waals surface area contributed by atoms with Crippen molar-refractivity contribution in [1.82, 2.24) is 14.7 Å². The summed E-state index contributed by atoms with van der Waals surface area (Å²) in [6.07, 6.45) is 1.35. The third-order valence-corrected chi connectivity index (χ3v) is 6.18. The summed E-state index contributed by atoms with van der Waals surface area (Å²) in [4.78, 5) is 16.1. The number of amides is 1. The molecule has 0 unspecified atom stereocenters. The Morgan fingerprint density at radius 2 is 1.76 bits per heavy atom. The first kappa shape index (κ1) is 21.7. The van der Waals surface area contributed by atoms with Gasteiger partial charge in [0.2, 0.25) is 5.91 Å². The molecule has 1 fully saturated rings. The lowest BCUT2D eigenvalue weighted by Crippen LogP contribution is -2.49. The molecule has 0 radical (unpaired) electrons. The Balaban J connectivity index is 1.55. The molecule has 34 heavy (non-hydrogen) atoms.